The molecular weight excluding hydrogens is 400 g/mol. The number of rotatable bonds is 5. The zero-order valence-electron chi connectivity index (χ0n) is 17.3. The van der Waals surface area contributed by atoms with Crippen LogP contribution in [0.15, 0.2) is 54.9 Å². The monoisotopic (exact) mass is 424 g/mol. The van der Waals surface area contributed by atoms with Gasteiger partial charge in [0.2, 0.25) is 5.91 Å². The summed E-state index contributed by atoms with van der Waals surface area (Å²) in [6, 6.07) is 14.6. The number of H-pyrrole nitrogens is 1. The third kappa shape index (κ3) is 3.80. The summed E-state index contributed by atoms with van der Waals surface area (Å²) < 4.78 is 5.30. The minimum atomic E-state index is -0.413. The van der Waals surface area contributed by atoms with Crippen LogP contribution in [0.1, 0.15) is 34.6 Å². The molecule has 3 aromatic rings. The van der Waals surface area contributed by atoms with Crippen molar-refractivity contribution in [2.45, 2.75) is 18.5 Å². The summed E-state index contributed by atoms with van der Waals surface area (Å²) in [6.07, 6.45) is 2.45. The molecule has 6 nitrogen and oxygen atoms in total. The lowest BCUT2D eigenvalue weighted by Gasteiger charge is -2.39. The molecule has 2 aromatic carbocycles. The molecular formula is C23H25ClN4O2. The first-order chi connectivity index (χ1) is 14.5. The first-order valence-corrected chi connectivity index (χ1v) is 10.3. The van der Waals surface area contributed by atoms with Crippen molar-refractivity contribution in [1.82, 2.24) is 19.8 Å². The molecule has 0 fully saturated rings. The number of ether oxygens (including phenoxy) is 1. The second kappa shape index (κ2) is 8.50. The van der Waals surface area contributed by atoms with Gasteiger partial charge in [-0.1, -0.05) is 35.9 Å². The zero-order valence-corrected chi connectivity index (χ0v) is 18.1. The number of fused-ring (bicyclic) bond motifs is 1. The van der Waals surface area contributed by atoms with Crippen LogP contribution < -0.4 is 4.74 Å². The van der Waals surface area contributed by atoms with Crippen LogP contribution >= 0.6 is 11.6 Å². The summed E-state index contributed by atoms with van der Waals surface area (Å²) in [5.41, 5.74) is 3.89. The first-order valence-electron chi connectivity index (χ1n) is 9.88. The van der Waals surface area contributed by atoms with Crippen LogP contribution in [0.2, 0.25) is 5.02 Å². The molecule has 0 spiro atoms. The van der Waals surface area contributed by atoms with Gasteiger partial charge in [0.05, 0.1) is 19.1 Å². The molecule has 4 rings (SSSR count). The quantitative estimate of drug-likeness (QED) is 0.675. The standard InChI is InChI=1S/C23H25ClN4O2/c1-27(2)22(16-4-8-17(24)9-5-16)23(29)28-13-12-19-20(26-14-25-19)21(28)15-6-10-18(30-3)11-7-15/h4-11,14,21-22H,12-13H2,1-3H3,(H,25,26)/t21-,22+/m1/s1. The van der Waals surface area contributed by atoms with E-state index < -0.39 is 6.04 Å². The average Bonchev–Trinajstić information content (AvgIpc) is 3.23. The van der Waals surface area contributed by atoms with Crippen LogP contribution in [-0.2, 0) is 11.2 Å². The summed E-state index contributed by atoms with van der Waals surface area (Å²) in [6.45, 7) is 0.614. The Hall–Kier alpha value is -2.83. The van der Waals surface area contributed by atoms with Crippen molar-refractivity contribution in [3.05, 3.63) is 82.4 Å². The zero-order chi connectivity index (χ0) is 21.3. The van der Waals surface area contributed by atoms with Gasteiger partial charge in [0.25, 0.3) is 0 Å². The van der Waals surface area contributed by atoms with Gasteiger partial charge in [-0.15, -0.1) is 0 Å². The third-order valence-corrected chi connectivity index (χ3v) is 5.83. The second-order valence-electron chi connectivity index (χ2n) is 7.64. The highest BCUT2D eigenvalue weighted by Gasteiger charge is 2.38. The fraction of sp³-hybridized carbons (Fsp3) is 0.304. The van der Waals surface area contributed by atoms with E-state index in [1.807, 2.05) is 72.4 Å². The maximum atomic E-state index is 13.9. The van der Waals surface area contributed by atoms with Gasteiger partial charge in [-0.3, -0.25) is 9.69 Å². The second-order valence-corrected chi connectivity index (χ2v) is 8.08. The van der Waals surface area contributed by atoms with E-state index in [4.69, 9.17) is 16.3 Å². The lowest BCUT2D eigenvalue weighted by molar-refractivity contribution is -0.138. The van der Waals surface area contributed by atoms with Gasteiger partial charge >= 0.3 is 0 Å². The molecule has 1 amide bonds. The number of amides is 1. The van der Waals surface area contributed by atoms with Crippen molar-refractivity contribution in [3.63, 3.8) is 0 Å². The van der Waals surface area contributed by atoms with Crippen molar-refractivity contribution in [2.75, 3.05) is 27.7 Å². The first kappa shape index (κ1) is 20.4. The van der Waals surface area contributed by atoms with Gasteiger partial charge in [-0.25, -0.2) is 4.98 Å². The fourth-order valence-corrected chi connectivity index (χ4v) is 4.23. The van der Waals surface area contributed by atoms with E-state index in [1.54, 1.807) is 13.4 Å². The number of likely N-dealkylation sites (N-methyl/N-ethyl adjacent to an activating group) is 1. The Morgan fingerprint density at radius 3 is 2.53 bits per heavy atom. The highest BCUT2D eigenvalue weighted by atomic mass is 35.5. The minimum absolute atomic E-state index is 0.0387. The number of nitrogens with one attached hydrogen (secondary N) is 1. The lowest BCUT2D eigenvalue weighted by Crippen LogP contribution is -2.46. The number of hydrogen-bond acceptors (Lipinski definition) is 4. The Labute approximate surface area is 181 Å². The Morgan fingerprint density at radius 2 is 1.90 bits per heavy atom. The minimum Gasteiger partial charge on any atom is -0.497 e. The van der Waals surface area contributed by atoms with Gasteiger partial charge in [-0.2, -0.15) is 0 Å². The van der Waals surface area contributed by atoms with Crippen LogP contribution in [-0.4, -0.2) is 53.4 Å². The fourth-order valence-electron chi connectivity index (χ4n) is 4.10. The largest absolute Gasteiger partial charge is 0.497 e. The number of carbonyl (C=O) groups excluding carboxylic acids is 1. The molecule has 0 bridgehead atoms. The summed E-state index contributed by atoms with van der Waals surface area (Å²) in [5.74, 6) is 0.818. The van der Waals surface area contributed by atoms with Gasteiger partial charge in [0.1, 0.15) is 17.8 Å². The molecule has 30 heavy (non-hydrogen) atoms. The van der Waals surface area contributed by atoms with E-state index in [0.717, 1.165) is 34.7 Å². The smallest absolute Gasteiger partial charge is 0.245 e. The molecule has 1 aromatic heterocycles. The topological polar surface area (TPSA) is 61.5 Å². The molecule has 0 aliphatic carbocycles. The third-order valence-electron chi connectivity index (χ3n) is 5.58. The molecule has 0 unspecified atom stereocenters. The maximum Gasteiger partial charge on any atom is 0.245 e. The van der Waals surface area contributed by atoms with Crippen LogP contribution in [0.5, 0.6) is 5.75 Å². The normalized spacial score (nSPS) is 17.0. The Balaban J connectivity index is 1.74. The molecule has 2 heterocycles. The van der Waals surface area contributed by atoms with E-state index in [2.05, 4.69) is 9.97 Å². The summed E-state index contributed by atoms with van der Waals surface area (Å²) in [4.78, 5) is 25.5. The molecule has 0 saturated heterocycles. The van der Waals surface area contributed by atoms with E-state index in [-0.39, 0.29) is 11.9 Å². The number of carbonyl (C=O) groups is 1. The molecule has 1 aliphatic rings. The average molecular weight is 425 g/mol. The van der Waals surface area contributed by atoms with E-state index in [9.17, 15) is 4.79 Å². The van der Waals surface area contributed by atoms with Crippen molar-refractivity contribution in [3.8, 4) is 5.75 Å². The summed E-state index contributed by atoms with van der Waals surface area (Å²) in [5, 5.41) is 0.652. The van der Waals surface area contributed by atoms with Crippen LogP contribution in [0.3, 0.4) is 0 Å². The number of methoxy groups -OCH3 is 1. The van der Waals surface area contributed by atoms with Crippen molar-refractivity contribution >= 4 is 17.5 Å². The van der Waals surface area contributed by atoms with Crippen LogP contribution in [0.4, 0.5) is 0 Å². The Morgan fingerprint density at radius 1 is 1.20 bits per heavy atom. The highest BCUT2D eigenvalue weighted by Crippen LogP contribution is 2.36. The predicted molar refractivity (Wildman–Crippen MR) is 117 cm³/mol. The van der Waals surface area contributed by atoms with Crippen LogP contribution in [0.25, 0.3) is 0 Å². The van der Waals surface area contributed by atoms with E-state index in [0.29, 0.717) is 11.6 Å². The predicted octanol–water partition coefficient (Wildman–Crippen LogP) is 3.85. The molecule has 0 saturated carbocycles. The maximum absolute atomic E-state index is 13.9. The Kier molecular flexibility index (Phi) is 5.79. The van der Waals surface area contributed by atoms with Crippen molar-refractivity contribution in [1.29, 1.82) is 0 Å². The Bertz CT molecular complexity index is 1010. The van der Waals surface area contributed by atoms with Gasteiger partial charge in [0.15, 0.2) is 0 Å². The lowest BCUT2D eigenvalue weighted by atomic mass is 9.93. The highest BCUT2D eigenvalue weighted by molar-refractivity contribution is 6.30. The number of hydrogen-bond donors (Lipinski definition) is 1. The molecule has 156 valence electrons. The van der Waals surface area contributed by atoms with Gasteiger partial charge in [-0.05, 0) is 49.5 Å². The molecule has 2 atom stereocenters. The van der Waals surface area contributed by atoms with Crippen molar-refractivity contribution < 1.29 is 9.53 Å². The number of halogens is 1. The molecule has 0 radical (unpaired) electrons. The number of benzene rings is 2. The van der Waals surface area contributed by atoms with Crippen LogP contribution in [0, 0.1) is 0 Å². The van der Waals surface area contributed by atoms with E-state index in [1.165, 1.54) is 0 Å². The number of aromatic amines is 1. The number of imidazole rings is 1. The van der Waals surface area contributed by atoms with Gasteiger partial charge < -0.3 is 14.6 Å². The van der Waals surface area contributed by atoms with E-state index >= 15 is 0 Å². The molecule has 1 N–H and O–H groups in total. The number of nitrogens with zero attached hydrogens (tertiary/aromatic N) is 3. The molecule has 7 heteroatoms. The number of aromatic nitrogens is 2. The van der Waals surface area contributed by atoms with Gasteiger partial charge in [0, 0.05) is 23.7 Å². The molecule has 1 aliphatic heterocycles. The van der Waals surface area contributed by atoms with Crippen molar-refractivity contribution in [2.24, 2.45) is 0 Å². The summed E-state index contributed by atoms with van der Waals surface area (Å²) >= 11 is 6.06. The SMILES string of the molecule is COc1ccc([C@@H]2c3nc[nH]c3CCN2C(=O)[C@H](c2ccc(Cl)cc2)N(C)C)cc1. The summed E-state index contributed by atoms with van der Waals surface area (Å²) in [7, 11) is 5.48.